The number of ether oxygens (including phenoxy) is 1. The van der Waals surface area contributed by atoms with E-state index in [9.17, 15) is 0 Å². The monoisotopic (exact) mass is 488 g/mol. The second-order valence-electron chi connectivity index (χ2n) is 6.35. The van der Waals surface area contributed by atoms with E-state index in [1.54, 1.807) is 18.4 Å². The SMILES string of the molecule is CN=C(NCCOc1cc(C)cc(C)c1)NCc1nc(C(C)C)cs1.I. The van der Waals surface area contributed by atoms with Crippen molar-refractivity contribution in [1.29, 1.82) is 0 Å². The first-order valence-corrected chi connectivity index (χ1v) is 9.46. The first-order valence-electron chi connectivity index (χ1n) is 8.58. The Kier molecular flexibility index (Phi) is 9.93. The molecule has 5 nitrogen and oxygen atoms in total. The summed E-state index contributed by atoms with van der Waals surface area (Å²) < 4.78 is 5.80. The second kappa shape index (κ2) is 11.4. The molecule has 0 aliphatic rings. The van der Waals surface area contributed by atoms with Crippen LogP contribution >= 0.6 is 35.3 Å². The van der Waals surface area contributed by atoms with Crippen LogP contribution in [0.5, 0.6) is 5.75 Å². The van der Waals surface area contributed by atoms with Gasteiger partial charge in [-0.3, -0.25) is 4.99 Å². The van der Waals surface area contributed by atoms with Crippen LogP contribution in [0.1, 0.15) is 41.6 Å². The number of guanidine groups is 1. The molecule has 0 unspecified atom stereocenters. The summed E-state index contributed by atoms with van der Waals surface area (Å²) >= 11 is 1.68. The first kappa shape index (κ1) is 22.7. The van der Waals surface area contributed by atoms with Gasteiger partial charge in [0.05, 0.1) is 18.8 Å². The van der Waals surface area contributed by atoms with Crippen molar-refractivity contribution >= 4 is 41.3 Å². The summed E-state index contributed by atoms with van der Waals surface area (Å²) in [5.74, 6) is 2.13. The Bertz CT molecular complexity index is 695. The molecular weight excluding hydrogens is 459 g/mol. The molecule has 0 amide bonds. The Morgan fingerprint density at radius 2 is 1.88 bits per heavy atom. The Hall–Kier alpha value is -1.35. The van der Waals surface area contributed by atoms with Crippen LogP contribution in [0, 0.1) is 13.8 Å². The molecule has 7 heteroatoms. The minimum atomic E-state index is 0. The fourth-order valence-electron chi connectivity index (χ4n) is 2.41. The van der Waals surface area contributed by atoms with E-state index >= 15 is 0 Å². The van der Waals surface area contributed by atoms with Gasteiger partial charge in [0.15, 0.2) is 5.96 Å². The average molecular weight is 488 g/mol. The smallest absolute Gasteiger partial charge is 0.191 e. The maximum Gasteiger partial charge on any atom is 0.191 e. The van der Waals surface area contributed by atoms with Gasteiger partial charge >= 0.3 is 0 Å². The van der Waals surface area contributed by atoms with Gasteiger partial charge < -0.3 is 15.4 Å². The van der Waals surface area contributed by atoms with Crippen LogP contribution in [-0.2, 0) is 6.54 Å². The molecule has 0 spiro atoms. The summed E-state index contributed by atoms with van der Waals surface area (Å²) in [7, 11) is 1.77. The summed E-state index contributed by atoms with van der Waals surface area (Å²) in [5, 5.41) is 9.73. The Morgan fingerprint density at radius 1 is 1.19 bits per heavy atom. The van der Waals surface area contributed by atoms with E-state index in [1.807, 2.05) is 0 Å². The van der Waals surface area contributed by atoms with E-state index in [1.165, 1.54) is 11.1 Å². The highest BCUT2D eigenvalue weighted by atomic mass is 127. The topological polar surface area (TPSA) is 58.5 Å². The number of benzene rings is 1. The maximum atomic E-state index is 5.80. The fraction of sp³-hybridized carbons (Fsp3) is 0.474. The summed E-state index contributed by atoms with van der Waals surface area (Å²) in [5.41, 5.74) is 3.57. The van der Waals surface area contributed by atoms with Crippen LogP contribution < -0.4 is 15.4 Å². The molecule has 0 atom stereocenters. The molecule has 1 heterocycles. The zero-order chi connectivity index (χ0) is 18.2. The van der Waals surface area contributed by atoms with Crippen LogP contribution in [-0.4, -0.2) is 31.1 Å². The van der Waals surface area contributed by atoms with Crippen LogP contribution in [0.25, 0.3) is 0 Å². The van der Waals surface area contributed by atoms with Gasteiger partial charge in [-0.2, -0.15) is 0 Å². The Labute approximate surface area is 177 Å². The molecule has 0 radical (unpaired) electrons. The first-order chi connectivity index (χ1) is 12.0. The van der Waals surface area contributed by atoms with Gasteiger partial charge in [-0.05, 0) is 43.0 Å². The molecule has 0 saturated carbocycles. The number of nitrogens with one attached hydrogen (secondary N) is 2. The van der Waals surface area contributed by atoms with Crippen molar-refractivity contribution in [3.05, 3.63) is 45.4 Å². The largest absolute Gasteiger partial charge is 0.492 e. The second-order valence-corrected chi connectivity index (χ2v) is 7.29. The molecule has 0 aliphatic carbocycles. The number of rotatable bonds is 7. The van der Waals surface area contributed by atoms with Crippen molar-refractivity contribution in [2.24, 2.45) is 4.99 Å². The van der Waals surface area contributed by atoms with E-state index in [4.69, 9.17) is 4.74 Å². The van der Waals surface area contributed by atoms with Crippen molar-refractivity contribution in [2.45, 2.75) is 40.2 Å². The van der Waals surface area contributed by atoms with Gasteiger partial charge in [-0.1, -0.05) is 19.9 Å². The molecular formula is C19H29IN4OS. The number of aryl methyl sites for hydroxylation is 2. The quantitative estimate of drug-likeness (QED) is 0.265. The summed E-state index contributed by atoms with van der Waals surface area (Å²) in [6.45, 7) is 10.4. The minimum absolute atomic E-state index is 0. The van der Waals surface area contributed by atoms with Crippen LogP contribution in [0.3, 0.4) is 0 Å². The lowest BCUT2D eigenvalue weighted by Crippen LogP contribution is -2.38. The number of thiazole rings is 1. The van der Waals surface area contributed by atoms with Crippen molar-refractivity contribution in [1.82, 2.24) is 15.6 Å². The molecule has 1 aromatic heterocycles. The Balaban J connectivity index is 0.00000338. The van der Waals surface area contributed by atoms with E-state index in [0.29, 0.717) is 25.6 Å². The van der Waals surface area contributed by atoms with Gasteiger partial charge in [-0.15, -0.1) is 35.3 Å². The third-order valence-electron chi connectivity index (χ3n) is 3.65. The average Bonchev–Trinajstić information content (AvgIpc) is 3.02. The number of aromatic nitrogens is 1. The zero-order valence-corrected chi connectivity index (χ0v) is 19.3. The third kappa shape index (κ3) is 7.49. The fourth-order valence-corrected chi connectivity index (χ4v) is 3.30. The molecule has 2 N–H and O–H groups in total. The highest BCUT2D eigenvalue weighted by Crippen LogP contribution is 2.17. The number of hydrogen-bond donors (Lipinski definition) is 2. The predicted molar refractivity (Wildman–Crippen MR) is 121 cm³/mol. The highest BCUT2D eigenvalue weighted by Gasteiger charge is 2.06. The standard InChI is InChI=1S/C19H28N4OS.HI/c1-13(2)17-12-25-18(23-17)11-22-19(20-5)21-6-7-24-16-9-14(3)8-15(4)10-16;/h8-10,12-13H,6-7,11H2,1-5H3,(H2,20,21,22);1H. The summed E-state index contributed by atoms with van der Waals surface area (Å²) in [6.07, 6.45) is 0. The van der Waals surface area contributed by atoms with Crippen molar-refractivity contribution in [2.75, 3.05) is 20.2 Å². The van der Waals surface area contributed by atoms with E-state index in [0.717, 1.165) is 22.4 Å². The number of hydrogen-bond acceptors (Lipinski definition) is 4. The van der Waals surface area contributed by atoms with Crippen molar-refractivity contribution in [3.63, 3.8) is 0 Å². The number of halogens is 1. The number of nitrogens with zero attached hydrogens (tertiary/aromatic N) is 2. The molecule has 2 aromatic rings. The van der Waals surface area contributed by atoms with Gasteiger partial charge in [0, 0.05) is 12.4 Å². The van der Waals surface area contributed by atoms with E-state index in [-0.39, 0.29) is 24.0 Å². The molecule has 26 heavy (non-hydrogen) atoms. The van der Waals surface area contributed by atoms with Crippen LogP contribution in [0.2, 0.25) is 0 Å². The van der Waals surface area contributed by atoms with E-state index < -0.39 is 0 Å². The lowest BCUT2D eigenvalue weighted by atomic mass is 10.1. The summed E-state index contributed by atoms with van der Waals surface area (Å²) in [6, 6.07) is 6.24. The lowest BCUT2D eigenvalue weighted by molar-refractivity contribution is 0.321. The molecule has 0 fully saturated rings. The Morgan fingerprint density at radius 3 is 2.46 bits per heavy atom. The maximum absolute atomic E-state index is 5.80. The van der Waals surface area contributed by atoms with Crippen LogP contribution in [0.4, 0.5) is 0 Å². The van der Waals surface area contributed by atoms with E-state index in [2.05, 4.69) is 71.9 Å². The van der Waals surface area contributed by atoms with Gasteiger partial charge in [0.25, 0.3) is 0 Å². The van der Waals surface area contributed by atoms with Gasteiger partial charge in [0.1, 0.15) is 17.4 Å². The highest BCUT2D eigenvalue weighted by molar-refractivity contribution is 14.0. The molecule has 1 aromatic carbocycles. The van der Waals surface area contributed by atoms with Crippen molar-refractivity contribution in [3.8, 4) is 5.75 Å². The van der Waals surface area contributed by atoms with Gasteiger partial charge in [0.2, 0.25) is 0 Å². The van der Waals surface area contributed by atoms with Crippen molar-refractivity contribution < 1.29 is 4.74 Å². The lowest BCUT2D eigenvalue weighted by Gasteiger charge is -2.12. The summed E-state index contributed by atoms with van der Waals surface area (Å²) in [4.78, 5) is 8.85. The molecule has 144 valence electrons. The molecule has 0 saturated heterocycles. The van der Waals surface area contributed by atoms with Gasteiger partial charge in [-0.25, -0.2) is 4.98 Å². The number of aliphatic imine (C=N–C) groups is 1. The zero-order valence-electron chi connectivity index (χ0n) is 16.1. The molecule has 0 bridgehead atoms. The minimum Gasteiger partial charge on any atom is -0.492 e. The third-order valence-corrected chi connectivity index (χ3v) is 4.52. The molecule has 0 aliphatic heterocycles. The molecule has 2 rings (SSSR count). The normalized spacial score (nSPS) is 11.2. The van der Waals surface area contributed by atoms with Crippen LogP contribution in [0.15, 0.2) is 28.6 Å². The predicted octanol–water partition coefficient (Wildman–Crippen LogP) is 4.25.